The van der Waals surface area contributed by atoms with E-state index in [1.165, 1.54) is 0 Å². The van der Waals surface area contributed by atoms with E-state index in [1.54, 1.807) is 0 Å². The second kappa shape index (κ2) is 7.08. The van der Waals surface area contributed by atoms with Crippen LogP contribution in [-0.2, 0) is 4.84 Å². The zero-order chi connectivity index (χ0) is 22.5. The molecule has 4 heteroatoms. The van der Waals surface area contributed by atoms with Crippen molar-refractivity contribution in [1.29, 1.82) is 0 Å². The molecule has 1 fully saturated rings. The molecule has 0 radical (unpaired) electrons. The highest BCUT2D eigenvalue weighted by atomic mass is 16.7. The summed E-state index contributed by atoms with van der Waals surface area (Å²) in [7, 11) is 0. The first-order valence-corrected chi connectivity index (χ1v) is 10.9. The van der Waals surface area contributed by atoms with Crippen LogP contribution in [0.5, 0.6) is 0 Å². The van der Waals surface area contributed by atoms with Crippen molar-refractivity contribution in [2.75, 3.05) is 0 Å². The first kappa shape index (κ1) is 21.4. The largest absolute Gasteiger partial charge is 0.410 e. The monoisotopic (exact) mass is 416 g/mol. The lowest BCUT2D eigenvalue weighted by atomic mass is 9.59. The molecule has 2 aromatic rings. The molecule has 1 saturated carbocycles. The molecule has 1 heterocycles. The van der Waals surface area contributed by atoms with E-state index in [-0.39, 0.29) is 16.2 Å². The summed E-state index contributed by atoms with van der Waals surface area (Å²) in [5.74, 6) is 0. The van der Waals surface area contributed by atoms with Crippen LogP contribution in [0, 0.1) is 16.2 Å². The van der Waals surface area contributed by atoms with Crippen molar-refractivity contribution < 1.29 is 10.0 Å². The average Bonchev–Trinajstić information content (AvgIpc) is 3.24. The normalized spacial score (nSPS) is 27.4. The minimum Gasteiger partial charge on any atom is -0.410 e. The van der Waals surface area contributed by atoms with Gasteiger partial charge in [-0.15, -0.1) is 0 Å². The molecule has 4 nitrogen and oxygen atoms in total. The number of rotatable bonds is 3. The highest BCUT2D eigenvalue weighted by Crippen LogP contribution is 2.72. The fourth-order valence-corrected chi connectivity index (χ4v) is 5.37. The number of hydrogen-bond donors (Lipinski definition) is 1. The van der Waals surface area contributed by atoms with E-state index in [2.05, 4.69) is 64.0 Å². The van der Waals surface area contributed by atoms with E-state index in [1.807, 2.05) is 54.6 Å². The van der Waals surface area contributed by atoms with Crippen molar-refractivity contribution in [3.8, 4) is 0 Å². The molecule has 0 saturated heterocycles. The minimum absolute atomic E-state index is 0.106. The molecule has 0 amide bonds. The maximum absolute atomic E-state index is 9.91. The third-order valence-corrected chi connectivity index (χ3v) is 8.54. The predicted molar refractivity (Wildman–Crippen MR) is 126 cm³/mol. The Hall–Kier alpha value is -2.88. The van der Waals surface area contributed by atoms with Crippen LogP contribution in [0.2, 0.25) is 0 Å². The second-order valence-electron chi connectivity index (χ2n) is 10.3. The maximum Gasteiger partial charge on any atom is 0.170 e. The van der Waals surface area contributed by atoms with Crippen LogP contribution in [0.1, 0.15) is 59.1 Å². The lowest BCUT2D eigenvalue weighted by molar-refractivity contribution is -0.0981. The minimum atomic E-state index is -0.629. The van der Waals surface area contributed by atoms with Crippen molar-refractivity contribution >= 4 is 11.4 Å². The number of allylic oxidation sites excluding steroid dienone is 1. The Morgan fingerprint density at radius 3 is 2.06 bits per heavy atom. The molecule has 1 spiro atoms. The average molecular weight is 417 g/mol. The van der Waals surface area contributed by atoms with Crippen LogP contribution in [0.4, 0.5) is 0 Å². The second-order valence-corrected chi connectivity index (χ2v) is 10.3. The van der Waals surface area contributed by atoms with Crippen molar-refractivity contribution in [3.63, 3.8) is 0 Å². The van der Waals surface area contributed by atoms with Gasteiger partial charge in [0.25, 0.3) is 0 Å². The van der Waals surface area contributed by atoms with Gasteiger partial charge in [0.05, 0.1) is 5.71 Å². The van der Waals surface area contributed by atoms with E-state index < -0.39 is 5.60 Å². The van der Waals surface area contributed by atoms with Gasteiger partial charge in [-0.25, -0.2) is 0 Å². The molecule has 1 aliphatic heterocycles. The fraction of sp³-hybridized carbons (Fsp3) is 0.407. The van der Waals surface area contributed by atoms with Gasteiger partial charge in [-0.3, -0.25) is 0 Å². The standard InChI is InChI=1S/C27H32N2O2/c1-24(2)23(17-21(28-30)19-13-9-7-10-14-19)27(26(5,6)25(24,3)4)18-22(29-31-27)20-15-11-8-12-16-20/h7-17,30H,18H2,1-6H3/b23-17+,28-21-/t27-/m0/s1. The Morgan fingerprint density at radius 1 is 0.903 bits per heavy atom. The summed E-state index contributed by atoms with van der Waals surface area (Å²) in [5, 5.41) is 18.2. The summed E-state index contributed by atoms with van der Waals surface area (Å²) in [6.07, 6.45) is 2.70. The number of hydrogen-bond acceptors (Lipinski definition) is 4. The van der Waals surface area contributed by atoms with Gasteiger partial charge in [0.2, 0.25) is 0 Å². The van der Waals surface area contributed by atoms with Gasteiger partial charge in [0, 0.05) is 17.4 Å². The van der Waals surface area contributed by atoms with Gasteiger partial charge in [-0.05, 0) is 28.0 Å². The van der Waals surface area contributed by atoms with Crippen molar-refractivity contribution in [1.82, 2.24) is 0 Å². The van der Waals surface area contributed by atoms with Crippen molar-refractivity contribution in [2.45, 2.75) is 53.6 Å². The van der Waals surface area contributed by atoms with Gasteiger partial charge in [0.15, 0.2) is 5.60 Å². The molecule has 1 atom stereocenters. The lowest BCUT2D eigenvalue weighted by Crippen LogP contribution is -2.47. The Kier molecular flexibility index (Phi) is 4.88. The van der Waals surface area contributed by atoms with Gasteiger partial charge in [-0.2, -0.15) is 0 Å². The number of benzene rings is 2. The van der Waals surface area contributed by atoms with Crippen molar-refractivity contribution in [3.05, 3.63) is 83.4 Å². The third kappa shape index (κ3) is 2.88. The third-order valence-electron chi connectivity index (χ3n) is 8.54. The smallest absolute Gasteiger partial charge is 0.170 e. The molecule has 31 heavy (non-hydrogen) atoms. The van der Waals surface area contributed by atoms with E-state index in [0.29, 0.717) is 12.1 Å². The van der Waals surface area contributed by atoms with E-state index in [4.69, 9.17) is 4.84 Å². The number of oxime groups is 2. The van der Waals surface area contributed by atoms with Gasteiger partial charge >= 0.3 is 0 Å². The quantitative estimate of drug-likeness (QED) is 0.355. The van der Waals surface area contributed by atoms with Crippen LogP contribution < -0.4 is 0 Å². The Balaban J connectivity index is 1.88. The van der Waals surface area contributed by atoms with Gasteiger partial charge in [-0.1, -0.05) is 113 Å². The van der Waals surface area contributed by atoms with E-state index >= 15 is 0 Å². The SMILES string of the molecule is CC1(C)/C(=C\C(=N\O)c2ccccc2)[C@@]2(CC(c3ccccc3)=NO2)C(C)(C)C1(C)C. The summed E-state index contributed by atoms with van der Waals surface area (Å²) < 4.78 is 0. The van der Waals surface area contributed by atoms with Crippen LogP contribution in [0.3, 0.4) is 0 Å². The molecule has 2 aliphatic rings. The van der Waals surface area contributed by atoms with E-state index in [0.717, 1.165) is 22.4 Å². The topological polar surface area (TPSA) is 54.2 Å². The molecule has 4 rings (SSSR count). The zero-order valence-corrected chi connectivity index (χ0v) is 19.3. The highest BCUT2D eigenvalue weighted by Gasteiger charge is 2.72. The predicted octanol–water partition coefficient (Wildman–Crippen LogP) is 6.45. The molecular formula is C27H32N2O2. The van der Waals surface area contributed by atoms with Crippen LogP contribution in [-0.4, -0.2) is 22.2 Å². The van der Waals surface area contributed by atoms with Gasteiger partial charge < -0.3 is 10.0 Å². The van der Waals surface area contributed by atoms with Crippen LogP contribution >= 0.6 is 0 Å². The molecule has 0 aromatic heterocycles. The van der Waals surface area contributed by atoms with Crippen LogP contribution in [0.15, 0.2) is 82.6 Å². The van der Waals surface area contributed by atoms with E-state index in [9.17, 15) is 5.21 Å². The molecule has 1 aliphatic carbocycles. The van der Waals surface area contributed by atoms with Gasteiger partial charge in [0.1, 0.15) is 5.71 Å². The first-order valence-electron chi connectivity index (χ1n) is 10.9. The summed E-state index contributed by atoms with van der Waals surface area (Å²) in [5.41, 5.74) is 3.37. The molecule has 1 N–H and O–H groups in total. The molecule has 162 valence electrons. The number of nitrogens with zero attached hydrogens (tertiary/aromatic N) is 2. The molecule has 2 aromatic carbocycles. The summed E-state index contributed by atoms with van der Waals surface area (Å²) in [4.78, 5) is 6.43. The lowest BCUT2D eigenvalue weighted by Gasteiger charge is -2.46. The molecule has 0 unspecified atom stereocenters. The van der Waals surface area contributed by atoms with Crippen LogP contribution in [0.25, 0.3) is 0 Å². The van der Waals surface area contributed by atoms with Crippen molar-refractivity contribution in [2.24, 2.45) is 26.6 Å². The zero-order valence-electron chi connectivity index (χ0n) is 19.3. The first-order chi connectivity index (χ1) is 14.6. The summed E-state index contributed by atoms with van der Waals surface area (Å²) in [6.45, 7) is 13.7. The molecular weight excluding hydrogens is 384 g/mol. The Morgan fingerprint density at radius 2 is 1.48 bits per heavy atom. The Bertz CT molecular complexity index is 1060. The summed E-state index contributed by atoms with van der Waals surface area (Å²) >= 11 is 0. The molecule has 0 bridgehead atoms. The maximum atomic E-state index is 9.91. The highest BCUT2D eigenvalue weighted by molar-refractivity contribution is 6.09. The summed E-state index contributed by atoms with van der Waals surface area (Å²) in [6, 6.07) is 20.0. The Labute approximate surface area is 185 Å². The fourth-order valence-electron chi connectivity index (χ4n) is 5.37.